The van der Waals surface area contributed by atoms with Crippen LogP contribution in [0.25, 0.3) is 0 Å². The molecule has 1 rings (SSSR count). The highest BCUT2D eigenvalue weighted by molar-refractivity contribution is 5.50. The van der Waals surface area contributed by atoms with Gasteiger partial charge in [0.15, 0.2) is 0 Å². The van der Waals surface area contributed by atoms with Gasteiger partial charge in [-0.1, -0.05) is 0 Å². The van der Waals surface area contributed by atoms with E-state index >= 15 is 0 Å². The molecule has 78 valence electrons. The SMILES string of the molecule is N#Cc1cc([N+](=O)[O-])ccc1OCCO. The van der Waals surface area contributed by atoms with Crippen LogP contribution in [0.1, 0.15) is 5.56 Å². The Morgan fingerprint density at radius 3 is 2.87 bits per heavy atom. The maximum Gasteiger partial charge on any atom is 0.271 e. The second-order valence-electron chi connectivity index (χ2n) is 2.62. The van der Waals surface area contributed by atoms with Crippen LogP contribution in [0.5, 0.6) is 5.75 Å². The number of benzene rings is 1. The molecule has 0 unspecified atom stereocenters. The summed E-state index contributed by atoms with van der Waals surface area (Å²) in [5, 5.41) is 27.6. The smallest absolute Gasteiger partial charge is 0.271 e. The standard InChI is InChI=1S/C9H8N2O4/c10-6-7-5-8(11(13)14)1-2-9(7)15-4-3-12/h1-2,5,12H,3-4H2. The Morgan fingerprint density at radius 2 is 2.33 bits per heavy atom. The van der Waals surface area contributed by atoms with Gasteiger partial charge in [0.1, 0.15) is 24.0 Å². The van der Waals surface area contributed by atoms with Crippen molar-refractivity contribution in [3.8, 4) is 11.8 Å². The number of aliphatic hydroxyl groups is 1. The highest BCUT2D eigenvalue weighted by atomic mass is 16.6. The monoisotopic (exact) mass is 208 g/mol. The lowest BCUT2D eigenvalue weighted by Gasteiger charge is -2.05. The molecular formula is C9H8N2O4. The van der Waals surface area contributed by atoms with E-state index in [0.29, 0.717) is 0 Å². The summed E-state index contributed by atoms with van der Waals surface area (Å²) in [6.07, 6.45) is 0. The molecule has 0 radical (unpaired) electrons. The fourth-order valence-corrected chi connectivity index (χ4v) is 1.00. The average molecular weight is 208 g/mol. The first kappa shape index (κ1) is 10.9. The third-order valence-electron chi connectivity index (χ3n) is 1.64. The van der Waals surface area contributed by atoms with Crippen LogP contribution in [-0.4, -0.2) is 23.2 Å². The lowest BCUT2D eigenvalue weighted by atomic mass is 10.2. The molecule has 0 aliphatic carbocycles. The molecule has 1 aromatic rings. The predicted octanol–water partition coefficient (Wildman–Crippen LogP) is 0.838. The van der Waals surface area contributed by atoms with Crippen molar-refractivity contribution >= 4 is 5.69 Å². The number of nitrogens with zero attached hydrogens (tertiary/aromatic N) is 2. The summed E-state index contributed by atoms with van der Waals surface area (Å²) in [6, 6.07) is 5.50. The van der Waals surface area contributed by atoms with Crippen molar-refractivity contribution in [2.75, 3.05) is 13.2 Å². The number of nitro benzene ring substituents is 1. The normalized spacial score (nSPS) is 9.33. The number of non-ortho nitro benzene ring substituents is 1. The quantitative estimate of drug-likeness (QED) is 0.584. The molecule has 0 amide bonds. The molecule has 1 aromatic carbocycles. The van der Waals surface area contributed by atoms with Crippen molar-refractivity contribution in [2.24, 2.45) is 0 Å². The number of aliphatic hydroxyl groups excluding tert-OH is 1. The molecule has 0 aliphatic rings. The Labute approximate surface area is 85.5 Å². The Morgan fingerprint density at radius 1 is 1.60 bits per heavy atom. The number of rotatable bonds is 4. The Hall–Kier alpha value is -2.13. The summed E-state index contributed by atoms with van der Waals surface area (Å²) in [4.78, 5) is 9.82. The van der Waals surface area contributed by atoms with Gasteiger partial charge in [-0.25, -0.2) is 0 Å². The van der Waals surface area contributed by atoms with Gasteiger partial charge >= 0.3 is 0 Å². The molecule has 0 saturated carbocycles. The van der Waals surface area contributed by atoms with E-state index in [9.17, 15) is 10.1 Å². The van der Waals surface area contributed by atoms with Gasteiger partial charge in [0, 0.05) is 12.1 Å². The van der Waals surface area contributed by atoms with Crippen LogP contribution in [0.4, 0.5) is 5.69 Å². The maximum absolute atomic E-state index is 10.4. The van der Waals surface area contributed by atoms with Crippen LogP contribution >= 0.6 is 0 Å². The fourth-order valence-electron chi connectivity index (χ4n) is 1.00. The Bertz CT molecular complexity index is 411. The van der Waals surface area contributed by atoms with Gasteiger partial charge in [-0.3, -0.25) is 10.1 Å². The molecule has 0 fully saturated rings. The van der Waals surface area contributed by atoms with Gasteiger partial charge in [0.05, 0.1) is 11.5 Å². The largest absolute Gasteiger partial charge is 0.490 e. The van der Waals surface area contributed by atoms with Crippen LogP contribution in [-0.2, 0) is 0 Å². The summed E-state index contributed by atoms with van der Waals surface area (Å²) in [5.74, 6) is 0.233. The zero-order valence-electron chi connectivity index (χ0n) is 7.71. The minimum atomic E-state index is -0.587. The van der Waals surface area contributed by atoms with Gasteiger partial charge in [-0.05, 0) is 6.07 Å². The van der Waals surface area contributed by atoms with Crippen molar-refractivity contribution in [3.63, 3.8) is 0 Å². The van der Waals surface area contributed by atoms with Crippen molar-refractivity contribution in [3.05, 3.63) is 33.9 Å². The molecule has 0 heterocycles. The van der Waals surface area contributed by atoms with E-state index in [1.54, 1.807) is 6.07 Å². The maximum atomic E-state index is 10.4. The molecular weight excluding hydrogens is 200 g/mol. The molecule has 0 bridgehead atoms. The van der Waals surface area contributed by atoms with Gasteiger partial charge < -0.3 is 9.84 Å². The predicted molar refractivity (Wildman–Crippen MR) is 50.4 cm³/mol. The molecule has 0 atom stereocenters. The molecule has 0 saturated heterocycles. The van der Waals surface area contributed by atoms with E-state index in [2.05, 4.69) is 0 Å². The molecule has 1 N–H and O–H groups in total. The van der Waals surface area contributed by atoms with E-state index in [1.807, 2.05) is 0 Å². The molecule has 0 spiro atoms. The van der Waals surface area contributed by atoms with Crippen LogP contribution in [0.2, 0.25) is 0 Å². The summed E-state index contributed by atoms with van der Waals surface area (Å²) >= 11 is 0. The molecule has 0 aliphatic heterocycles. The number of hydrogen-bond donors (Lipinski definition) is 1. The molecule has 6 nitrogen and oxygen atoms in total. The lowest BCUT2D eigenvalue weighted by Crippen LogP contribution is -2.03. The van der Waals surface area contributed by atoms with Crippen LogP contribution in [0, 0.1) is 21.4 Å². The summed E-state index contributed by atoms with van der Waals surface area (Å²) < 4.78 is 5.02. The van der Waals surface area contributed by atoms with Crippen molar-refractivity contribution in [1.29, 1.82) is 5.26 Å². The van der Waals surface area contributed by atoms with E-state index in [0.717, 1.165) is 6.07 Å². The molecule has 6 heteroatoms. The Kier molecular flexibility index (Phi) is 3.60. The van der Waals surface area contributed by atoms with E-state index in [-0.39, 0.29) is 30.2 Å². The molecule has 15 heavy (non-hydrogen) atoms. The second-order valence-corrected chi connectivity index (χ2v) is 2.62. The number of hydrogen-bond acceptors (Lipinski definition) is 5. The first-order chi connectivity index (χ1) is 7.19. The number of ether oxygens (including phenoxy) is 1. The van der Waals surface area contributed by atoms with Crippen molar-refractivity contribution < 1.29 is 14.8 Å². The third kappa shape index (κ3) is 2.65. The van der Waals surface area contributed by atoms with Crippen molar-refractivity contribution in [2.45, 2.75) is 0 Å². The first-order valence-electron chi connectivity index (χ1n) is 4.11. The average Bonchev–Trinajstić information content (AvgIpc) is 2.25. The van der Waals surface area contributed by atoms with Crippen LogP contribution < -0.4 is 4.74 Å². The van der Waals surface area contributed by atoms with Gasteiger partial charge in [0.25, 0.3) is 5.69 Å². The highest BCUT2D eigenvalue weighted by Crippen LogP contribution is 2.23. The second kappa shape index (κ2) is 4.93. The minimum Gasteiger partial charge on any atom is -0.490 e. The number of nitro groups is 1. The van der Waals surface area contributed by atoms with Crippen LogP contribution in [0.3, 0.4) is 0 Å². The Balaban J connectivity index is 3.00. The van der Waals surface area contributed by atoms with E-state index in [1.165, 1.54) is 12.1 Å². The zero-order valence-corrected chi connectivity index (χ0v) is 7.71. The fraction of sp³-hybridized carbons (Fsp3) is 0.222. The first-order valence-corrected chi connectivity index (χ1v) is 4.11. The van der Waals surface area contributed by atoms with Crippen LogP contribution in [0.15, 0.2) is 18.2 Å². The molecule has 0 aromatic heterocycles. The van der Waals surface area contributed by atoms with E-state index < -0.39 is 4.92 Å². The zero-order chi connectivity index (χ0) is 11.3. The van der Waals surface area contributed by atoms with Gasteiger partial charge in [-0.2, -0.15) is 5.26 Å². The van der Waals surface area contributed by atoms with Gasteiger partial charge in [-0.15, -0.1) is 0 Å². The van der Waals surface area contributed by atoms with Crippen molar-refractivity contribution in [1.82, 2.24) is 0 Å². The van der Waals surface area contributed by atoms with Gasteiger partial charge in [0.2, 0.25) is 0 Å². The third-order valence-corrected chi connectivity index (χ3v) is 1.64. The summed E-state index contributed by atoms with van der Waals surface area (Å²) in [7, 11) is 0. The number of nitriles is 1. The minimum absolute atomic E-state index is 0.0481. The summed E-state index contributed by atoms with van der Waals surface area (Å²) in [5.41, 5.74) is -0.0828. The highest BCUT2D eigenvalue weighted by Gasteiger charge is 2.10. The topological polar surface area (TPSA) is 96.4 Å². The summed E-state index contributed by atoms with van der Waals surface area (Å²) in [6.45, 7) is -0.131. The van der Waals surface area contributed by atoms with E-state index in [4.69, 9.17) is 15.1 Å². The lowest BCUT2D eigenvalue weighted by molar-refractivity contribution is -0.384.